The Morgan fingerprint density at radius 2 is 1.56 bits per heavy atom. The first-order valence-corrected chi connectivity index (χ1v) is 8.50. The number of benzene rings is 3. The Bertz CT molecular complexity index is 975. The summed E-state index contributed by atoms with van der Waals surface area (Å²) in [4.78, 5) is 15.1. The molecule has 122 valence electrons. The van der Waals surface area contributed by atoms with Crippen molar-refractivity contribution in [3.63, 3.8) is 0 Å². The highest BCUT2D eigenvalue weighted by atomic mass is 19.1. The Hall–Kier alpha value is -2.94. The first-order chi connectivity index (χ1) is 12.2. The molecule has 1 saturated carbocycles. The van der Waals surface area contributed by atoms with Gasteiger partial charge in [0.15, 0.2) is 0 Å². The van der Waals surface area contributed by atoms with Gasteiger partial charge in [0.1, 0.15) is 5.82 Å². The highest BCUT2D eigenvalue weighted by molar-refractivity contribution is 6.16. The standard InChI is InChI=1S/C22H16FNO/c23-16-11-9-15(10-12-16)18-7-4-8-19-20(18)22(13-14-22)21(25)24(19)17-5-2-1-3-6-17/h1-12H,13-14H2. The molecular formula is C22H16FNO. The second-order valence-electron chi connectivity index (χ2n) is 6.76. The highest BCUT2D eigenvalue weighted by Crippen LogP contribution is 2.61. The van der Waals surface area contributed by atoms with E-state index in [1.807, 2.05) is 53.4 Å². The van der Waals surface area contributed by atoms with Gasteiger partial charge in [0, 0.05) is 5.69 Å². The quantitative estimate of drug-likeness (QED) is 0.632. The van der Waals surface area contributed by atoms with Crippen LogP contribution in [0.2, 0.25) is 0 Å². The molecule has 0 bridgehead atoms. The highest BCUT2D eigenvalue weighted by Gasteiger charge is 2.60. The fourth-order valence-corrected chi connectivity index (χ4v) is 3.95. The number of nitrogens with zero attached hydrogens (tertiary/aromatic N) is 1. The van der Waals surface area contributed by atoms with E-state index in [0.717, 1.165) is 40.9 Å². The normalized spacial score (nSPS) is 17.0. The average molecular weight is 329 g/mol. The molecule has 3 heteroatoms. The van der Waals surface area contributed by atoms with Crippen LogP contribution >= 0.6 is 0 Å². The number of hydrogen-bond donors (Lipinski definition) is 0. The van der Waals surface area contributed by atoms with Gasteiger partial charge >= 0.3 is 0 Å². The molecule has 1 amide bonds. The van der Waals surface area contributed by atoms with Crippen LogP contribution in [0.4, 0.5) is 15.8 Å². The molecule has 0 N–H and O–H groups in total. The van der Waals surface area contributed by atoms with Crippen molar-refractivity contribution in [1.82, 2.24) is 0 Å². The van der Waals surface area contributed by atoms with Gasteiger partial charge in [-0.3, -0.25) is 9.69 Å². The third kappa shape index (κ3) is 1.99. The van der Waals surface area contributed by atoms with Crippen molar-refractivity contribution >= 4 is 17.3 Å². The predicted molar refractivity (Wildman–Crippen MR) is 96.3 cm³/mol. The van der Waals surface area contributed by atoms with Crippen molar-refractivity contribution in [1.29, 1.82) is 0 Å². The van der Waals surface area contributed by atoms with Crippen molar-refractivity contribution in [2.75, 3.05) is 4.90 Å². The zero-order valence-corrected chi connectivity index (χ0v) is 13.6. The largest absolute Gasteiger partial charge is 0.280 e. The molecule has 2 aliphatic rings. The summed E-state index contributed by atoms with van der Waals surface area (Å²) in [6, 6.07) is 22.3. The van der Waals surface area contributed by atoms with Gasteiger partial charge in [-0.25, -0.2) is 4.39 Å². The molecule has 5 rings (SSSR count). The Morgan fingerprint density at radius 3 is 2.24 bits per heavy atom. The number of halogens is 1. The van der Waals surface area contributed by atoms with E-state index in [1.54, 1.807) is 12.1 Å². The van der Waals surface area contributed by atoms with E-state index < -0.39 is 5.41 Å². The molecule has 0 aromatic heterocycles. The number of fused-ring (bicyclic) bond motifs is 2. The Kier molecular flexibility index (Phi) is 2.90. The maximum Gasteiger partial charge on any atom is 0.242 e. The molecule has 1 heterocycles. The summed E-state index contributed by atoms with van der Waals surface area (Å²) in [5.41, 5.74) is 4.52. The first kappa shape index (κ1) is 14.4. The van der Waals surface area contributed by atoms with E-state index >= 15 is 0 Å². The maximum atomic E-state index is 13.3. The van der Waals surface area contributed by atoms with E-state index in [2.05, 4.69) is 0 Å². The molecule has 0 unspecified atom stereocenters. The van der Waals surface area contributed by atoms with Crippen LogP contribution in [0.15, 0.2) is 72.8 Å². The van der Waals surface area contributed by atoms with Gasteiger partial charge in [-0.15, -0.1) is 0 Å². The van der Waals surface area contributed by atoms with E-state index in [-0.39, 0.29) is 11.7 Å². The van der Waals surface area contributed by atoms with Crippen LogP contribution in [-0.2, 0) is 10.2 Å². The van der Waals surface area contributed by atoms with Gasteiger partial charge in [-0.2, -0.15) is 0 Å². The minimum absolute atomic E-state index is 0.156. The molecule has 0 saturated heterocycles. The molecule has 25 heavy (non-hydrogen) atoms. The van der Waals surface area contributed by atoms with Crippen molar-refractivity contribution in [3.05, 3.63) is 84.2 Å². The molecule has 0 atom stereocenters. The van der Waals surface area contributed by atoms with Crippen LogP contribution in [-0.4, -0.2) is 5.91 Å². The zero-order chi connectivity index (χ0) is 17.0. The van der Waals surface area contributed by atoms with Gasteiger partial charge in [0.25, 0.3) is 0 Å². The summed E-state index contributed by atoms with van der Waals surface area (Å²) in [5, 5.41) is 0. The summed E-state index contributed by atoms with van der Waals surface area (Å²) in [5.74, 6) is -0.0947. The van der Waals surface area contributed by atoms with Gasteiger partial charge in [0.2, 0.25) is 5.91 Å². The molecule has 3 aromatic rings. The van der Waals surface area contributed by atoms with Gasteiger partial charge < -0.3 is 0 Å². The fraction of sp³-hybridized carbons (Fsp3) is 0.136. The monoisotopic (exact) mass is 329 g/mol. The van der Waals surface area contributed by atoms with E-state index in [1.165, 1.54) is 12.1 Å². The first-order valence-electron chi connectivity index (χ1n) is 8.50. The number of anilines is 2. The summed E-state index contributed by atoms with van der Waals surface area (Å²) in [6.45, 7) is 0. The molecule has 2 nitrogen and oxygen atoms in total. The second-order valence-corrected chi connectivity index (χ2v) is 6.76. The van der Waals surface area contributed by atoms with Crippen LogP contribution in [0.5, 0.6) is 0 Å². The lowest BCUT2D eigenvalue weighted by molar-refractivity contribution is -0.119. The van der Waals surface area contributed by atoms with E-state index in [9.17, 15) is 9.18 Å². The second kappa shape index (κ2) is 5.03. The SMILES string of the molecule is O=C1N(c2ccccc2)c2cccc(-c3ccc(F)cc3)c2C12CC2. The predicted octanol–water partition coefficient (Wildman–Crippen LogP) is 5.20. The van der Waals surface area contributed by atoms with Crippen molar-refractivity contribution in [2.45, 2.75) is 18.3 Å². The molecule has 1 fully saturated rings. The van der Waals surface area contributed by atoms with Crippen LogP contribution in [0.3, 0.4) is 0 Å². The van der Waals surface area contributed by atoms with Crippen LogP contribution in [0.1, 0.15) is 18.4 Å². The summed E-state index contributed by atoms with van der Waals surface area (Å²) in [7, 11) is 0. The molecular weight excluding hydrogens is 313 g/mol. The topological polar surface area (TPSA) is 20.3 Å². The minimum atomic E-state index is -0.407. The molecule has 1 aliphatic carbocycles. The smallest absolute Gasteiger partial charge is 0.242 e. The lowest BCUT2D eigenvalue weighted by atomic mass is 9.89. The molecule has 3 aromatic carbocycles. The van der Waals surface area contributed by atoms with Crippen molar-refractivity contribution < 1.29 is 9.18 Å². The number of para-hydroxylation sites is 1. The number of hydrogen-bond acceptors (Lipinski definition) is 1. The van der Waals surface area contributed by atoms with Crippen molar-refractivity contribution in [3.8, 4) is 11.1 Å². The van der Waals surface area contributed by atoms with E-state index in [0.29, 0.717) is 0 Å². The Labute approximate surface area is 145 Å². The zero-order valence-electron chi connectivity index (χ0n) is 13.6. The maximum absolute atomic E-state index is 13.3. The number of amides is 1. The Balaban J connectivity index is 1.74. The van der Waals surface area contributed by atoms with Crippen LogP contribution < -0.4 is 4.90 Å². The van der Waals surface area contributed by atoms with Crippen molar-refractivity contribution in [2.24, 2.45) is 0 Å². The number of carbonyl (C=O) groups is 1. The van der Waals surface area contributed by atoms with Gasteiger partial charge in [-0.05, 0) is 59.9 Å². The molecule has 0 radical (unpaired) electrons. The third-order valence-corrected chi connectivity index (χ3v) is 5.29. The lowest BCUT2D eigenvalue weighted by Gasteiger charge is -2.18. The summed E-state index contributed by atoms with van der Waals surface area (Å²) in [6.07, 6.45) is 1.75. The molecule has 1 aliphatic heterocycles. The number of rotatable bonds is 2. The van der Waals surface area contributed by atoms with Gasteiger partial charge in [0.05, 0.1) is 11.1 Å². The van der Waals surface area contributed by atoms with E-state index in [4.69, 9.17) is 0 Å². The average Bonchev–Trinajstić information content (AvgIpc) is 3.40. The fourth-order valence-electron chi connectivity index (χ4n) is 3.95. The van der Waals surface area contributed by atoms with Crippen LogP contribution in [0.25, 0.3) is 11.1 Å². The summed E-state index contributed by atoms with van der Waals surface area (Å²) >= 11 is 0. The molecule has 1 spiro atoms. The summed E-state index contributed by atoms with van der Waals surface area (Å²) < 4.78 is 13.3. The van der Waals surface area contributed by atoms with Gasteiger partial charge in [-0.1, -0.05) is 42.5 Å². The third-order valence-electron chi connectivity index (χ3n) is 5.29. The lowest BCUT2D eigenvalue weighted by Crippen LogP contribution is -2.27. The Morgan fingerprint density at radius 1 is 0.840 bits per heavy atom. The minimum Gasteiger partial charge on any atom is -0.280 e. The number of carbonyl (C=O) groups excluding carboxylic acids is 1. The van der Waals surface area contributed by atoms with Crippen LogP contribution in [0, 0.1) is 5.82 Å².